The van der Waals surface area contributed by atoms with Crippen LogP contribution in [0.4, 0.5) is 21.9 Å². The number of anilines is 3. The average molecular weight is 581 g/mol. The Kier molecular flexibility index (Phi) is 9.82. The molecule has 11 heteroatoms. The number of nitrogens with one attached hydrogen (secondary N) is 3. The van der Waals surface area contributed by atoms with Gasteiger partial charge in [-0.05, 0) is 68.4 Å². The van der Waals surface area contributed by atoms with Crippen LogP contribution in [-0.4, -0.2) is 51.0 Å². The first kappa shape index (κ1) is 29.9. The van der Waals surface area contributed by atoms with Crippen LogP contribution in [0.15, 0.2) is 72.8 Å². The van der Waals surface area contributed by atoms with Crippen LogP contribution in [0.3, 0.4) is 0 Å². The number of hydrogen-bond donors (Lipinski definition) is 3. The van der Waals surface area contributed by atoms with Gasteiger partial charge < -0.3 is 35.1 Å². The van der Waals surface area contributed by atoms with E-state index in [2.05, 4.69) is 16.0 Å². The van der Waals surface area contributed by atoms with Gasteiger partial charge in [-0.3, -0.25) is 9.59 Å². The summed E-state index contributed by atoms with van der Waals surface area (Å²) in [6, 6.07) is 19.7. The van der Waals surface area contributed by atoms with Crippen molar-refractivity contribution in [3.05, 3.63) is 83.4 Å². The smallest absolute Gasteiger partial charge is 0.320 e. The lowest BCUT2D eigenvalue weighted by Crippen LogP contribution is -2.56. The lowest BCUT2D eigenvalue weighted by molar-refractivity contribution is -0.138. The molecule has 4 rings (SSSR count). The van der Waals surface area contributed by atoms with Crippen molar-refractivity contribution in [1.82, 2.24) is 5.32 Å². The number of methoxy groups -OCH3 is 1. The molecule has 1 unspecified atom stereocenters. The van der Waals surface area contributed by atoms with E-state index < -0.39 is 29.7 Å². The number of benzene rings is 3. The average Bonchev–Trinajstić information content (AvgIpc) is 3.17. The zero-order valence-corrected chi connectivity index (χ0v) is 23.9. The number of ether oxygens (including phenoxy) is 3. The van der Waals surface area contributed by atoms with Gasteiger partial charge in [-0.2, -0.15) is 0 Å². The molecule has 1 atom stereocenters. The summed E-state index contributed by atoms with van der Waals surface area (Å²) in [5.41, 5.74) is 0.291. The first-order valence-corrected chi connectivity index (χ1v) is 13.6. The summed E-state index contributed by atoms with van der Waals surface area (Å²) in [5, 5.41) is 8.90. The largest absolute Gasteiger partial charge is 0.497 e. The van der Waals surface area contributed by atoms with E-state index in [1.54, 1.807) is 79.9 Å². The van der Waals surface area contributed by atoms with Gasteiger partial charge in [0.2, 0.25) is 5.91 Å². The first-order valence-electron chi connectivity index (χ1n) is 13.2. The number of amides is 4. The van der Waals surface area contributed by atoms with Crippen LogP contribution in [0.5, 0.6) is 5.75 Å². The molecule has 0 radical (unpaired) electrons. The molecule has 41 heavy (non-hydrogen) atoms. The molecule has 0 bridgehead atoms. The maximum atomic E-state index is 14.3. The van der Waals surface area contributed by atoms with E-state index in [0.717, 1.165) is 0 Å². The van der Waals surface area contributed by atoms with Crippen LogP contribution in [0.1, 0.15) is 25.8 Å². The minimum absolute atomic E-state index is 0.0693. The van der Waals surface area contributed by atoms with E-state index in [0.29, 0.717) is 46.6 Å². The van der Waals surface area contributed by atoms with Crippen molar-refractivity contribution in [3.63, 3.8) is 0 Å². The number of hydrogen-bond acceptors (Lipinski definition) is 6. The maximum absolute atomic E-state index is 14.3. The Balaban J connectivity index is 1.68. The standard InChI is InChI=1S/C30H33ClN4O6/c1-4-40-27(41-5-2)19-35-25-9-7-6-8-24(25)30(28(35)37,18-26(36)32-21-12-10-20(31)11-13-21)34-29(38)33-22-14-16-23(39-3)17-15-22/h6-17,27H,4-5,18-19H2,1-3H3,(H,32,36)(H2,33,34,38). The number of carbonyl (C=O) groups excluding carboxylic acids is 3. The van der Waals surface area contributed by atoms with Crippen LogP contribution in [0.2, 0.25) is 5.02 Å². The number of rotatable bonds is 12. The van der Waals surface area contributed by atoms with Crippen molar-refractivity contribution in [3.8, 4) is 5.75 Å². The van der Waals surface area contributed by atoms with Gasteiger partial charge in [0, 0.05) is 35.2 Å². The highest BCUT2D eigenvalue weighted by atomic mass is 35.5. The van der Waals surface area contributed by atoms with E-state index >= 15 is 0 Å². The number of fused-ring (bicyclic) bond motifs is 1. The molecule has 10 nitrogen and oxygen atoms in total. The summed E-state index contributed by atoms with van der Waals surface area (Å²) < 4.78 is 16.6. The molecule has 1 heterocycles. The van der Waals surface area contributed by atoms with Gasteiger partial charge in [0.05, 0.1) is 25.8 Å². The van der Waals surface area contributed by atoms with E-state index in [1.165, 1.54) is 4.90 Å². The topological polar surface area (TPSA) is 118 Å². The molecule has 1 aliphatic rings. The Labute approximate surface area is 243 Å². The molecule has 1 aliphatic heterocycles. The van der Waals surface area contributed by atoms with Crippen molar-refractivity contribution in [2.24, 2.45) is 0 Å². The molecule has 0 saturated carbocycles. The third-order valence-electron chi connectivity index (χ3n) is 6.53. The molecule has 0 fully saturated rings. The minimum atomic E-state index is -1.72. The van der Waals surface area contributed by atoms with Gasteiger partial charge in [-0.25, -0.2) is 4.79 Å². The van der Waals surface area contributed by atoms with E-state index in [1.807, 2.05) is 13.8 Å². The fourth-order valence-corrected chi connectivity index (χ4v) is 4.85. The Morgan fingerprint density at radius 2 is 1.51 bits per heavy atom. The molecule has 0 spiro atoms. The van der Waals surface area contributed by atoms with Crippen molar-refractivity contribution >= 4 is 46.5 Å². The summed E-state index contributed by atoms with van der Waals surface area (Å²) >= 11 is 5.98. The Morgan fingerprint density at radius 1 is 0.902 bits per heavy atom. The lowest BCUT2D eigenvalue weighted by Gasteiger charge is -2.30. The second-order valence-electron chi connectivity index (χ2n) is 9.22. The highest BCUT2D eigenvalue weighted by Gasteiger charge is 2.53. The molecule has 216 valence electrons. The number of urea groups is 1. The zero-order valence-electron chi connectivity index (χ0n) is 23.1. The summed E-state index contributed by atoms with van der Waals surface area (Å²) in [5.74, 6) is -0.340. The summed E-state index contributed by atoms with van der Waals surface area (Å²) in [6.07, 6.45) is -1.07. The molecule has 3 aromatic rings. The van der Waals surface area contributed by atoms with Gasteiger partial charge in [0.25, 0.3) is 5.91 Å². The summed E-state index contributed by atoms with van der Waals surface area (Å²) in [6.45, 7) is 4.50. The monoisotopic (exact) mass is 580 g/mol. The Bertz CT molecular complexity index is 1360. The third-order valence-corrected chi connectivity index (χ3v) is 6.78. The van der Waals surface area contributed by atoms with Crippen LogP contribution in [-0.2, 0) is 24.6 Å². The molecule has 3 N–H and O–H groups in total. The van der Waals surface area contributed by atoms with Crippen molar-refractivity contribution in [2.45, 2.75) is 32.1 Å². The first-order chi connectivity index (χ1) is 19.8. The molecular weight excluding hydrogens is 548 g/mol. The predicted molar refractivity (Wildman–Crippen MR) is 157 cm³/mol. The highest BCUT2D eigenvalue weighted by molar-refractivity contribution is 6.30. The number of para-hydroxylation sites is 1. The predicted octanol–water partition coefficient (Wildman–Crippen LogP) is 5.14. The fourth-order valence-electron chi connectivity index (χ4n) is 4.73. The molecule has 3 aromatic carbocycles. The van der Waals surface area contributed by atoms with Gasteiger partial charge in [0.15, 0.2) is 11.8 Å². The highest BCUT2D eigenvalue weighted by Crippen LogP contribution is 2.43. The minimum Gasteiger partial charge on any atom is -0.497 e. The van der Waals surface area contributed by atoms with Crippen molar-refractivity contribution in [2.75, 3.05) is 42.4 Å². The molecule has 0 aromatic heterocycles. The normalized spacial score (nSPS) is 15.9. The SMILES string of the molecule is CCOC(CN1C(=O)C(CC(=O)Nc2ccc(Cl)cc2)(NC(=O)Nc2ccc(OC)cc2)c2ccccc21)OCC. The Hall–Kier alpha value is -4.12. The number of halogens is 1. The lowest BCUT2D eigenvalue weighted by atomic mass is 9.87. The van der Waals surface area contributed by atoms with Crippen LogP contribution >= 0.6 is 11.6 Å². The van der Waals surface area contributed by atoms with Crippen molar-refractivity contribution < 1.29 is 28.6 Å². The van der Waals surface area contributed by atoms with Gasteiger partial charge in [-0.15, -0.1) is 0 Å². The van der Waals surface area contributed by atoms with Crippen molar-refractivity contribution in [1.29, 1.82) is 0 Å². The van der Waals surface area contributed by atoms with Gasteiger partial charge in [-0.1, -0.05) is 29.8 Å². The van der Waals surface area contributed by atoms with E-state index in [9.17, 15) is 14.4 Å². The van der Waals surface area contributed by atoms with E-state index in [4.69, 9.17) is 25.8 Å². The second kappa shape index (κ2) is 13.5. The summed E-state index contributed by atoms with van der Waals surface area (Å²) in [4.78, 5) is 42.6. The summed E-state index contributed by atoms with van der Waals surface area (Å²) in [7, 11) is 1.55. The van der Waals surface area contributed by atoms with Crippen LogP contribution in [0, 0.1) is 0 Å². The maximum Gasteiger partial charge on any atom is 0.320 e. The molecule has 4 amide bonds. The number of nitrogens with zero attached hydrogens (tertiary/aromatic N) is 1. The Morgan fingerprint density at radius 3 is 2.15 bits per heavy atom. The zero-order chi connectivity index (χ0) is 29.4. The number of carbonyl (C=O) groups is 3. The van der Waals surface area contributed by atoms with Gasteiger partial charge in [0.1, 0.15) is 5.75 Å². The third kappa shape index (κ3) is 6.97. The molecule has 0 aliphatic carbocycles. The van der Waals surface area contributed by atoms with Gasteiger partial charge >= 0.3 is 6.03 Å². The second-order valence-corrected chi connectivity index (χ2v) is 9.65. The quantitative estimate of drug-likeness (QED) is 0.255. The van der Waals surface area contributed by atoms with Crippen LogP contribution < -0.4 is 25.6 Å². The molecular formula is C30H33ClN4O6. The van der Waals surface area contributed by atoms with E-state index in [-0.39, 0.29) is 13.0 Å². The van der Waals surface area contributed by atoms with Crippen LogP contribution in [0.25, 0.3) is 0 Å². The fraction of sp³-hybridized carbons (Fsp3) is 0.300. The molecule has 0 saturated heterocycles.